The molecule has 0 radical (unpaired) electrons. The van der Waals surface area contributed by atoms with Gasteiger partial charge in [-0.05, 0) is 85.8 Å². The summed E-state index contributed by atoms with van der Waals surface area (Å²) in [5.41, 5.74) is 2.11. The summed E-state index contributed by atoms with van der Waals surface area (Å²) < 4.78 is 5.75. The number of phenolic OH excluding ortho intramolecular Hbond substituents is 1. The Balaban J connectivity index is 1.97. The van der Waals surface area contributed by atoms with Crippen LogP contribution in [-0.2, 0) is 10.2 Å². The zero-order chi connectivity index (χ0) is 22.9. The van der Waals surface area contributed by atoms with E-state index in [1.807, 2.05) is 32.9 Å². The van der Waals surface area contributed by atoms with Crippen molar-refractivity contribution in [2.24, 2.45) is 16.7 Å². The highest BCUT2D eigenvalue weighted by Crippen LogP contribution is 2.53. The number of carbonyl (C=O) groups is 1. The highest BCUT2D eigenvalue weighted by atomic mass is 16.5. The van der Waals surface area contributed by atoms with Gasteiger partial charge in [0.25, 0.3) is 0 Å². The standard InChI is InChI=1S/C28H38O3/c1-7-27(6,8-2)25(30)31-24-15-11-22(12-16-24)28(21-9-13-23(29)14-10-21)18-20(3)17-26(4,5)19-28/h9-16,20,29H,7-8,17-19H2,1-6H3. The van der Waals surface area contributed by atoms with Crippen molar-refractivity contribution >= 4 is 5.97 Å². The molecule has 0 bridgehead atoms. The molecule has 3 heteroatoms. The van der Waals surface area contributed by atoms with Crippen LogP contribution < -0.4 is 4.74 Å². The Hall–Kier alpha value is -2.29. The third-order valence-corrected chi connectivity index (χ3v) is 7.47. The maximum Gasteiger partial charge on any atom is 0.317 e. The number of benzene rings is 2. The number of aromatic hydroxyl groups is 1. The minimum absolute atomic E-state index is 0.126. The monoisotopic (exact) mass is 422 g/mol. The molecule has 1 aliphatic rings. The van der Waals surface area contributed by atoms with E-state index in [0.29, 0.717) is 17.4 Å². The van der Waals surface area contributed by atoms with Gasteiger partial charge in [-0.2, -0.15) is 0 Å². The van der Waals surface area contributed by atoms with Crippen LogP contribution in [0.4, 0.5) is 0 Å². The van der Waals surface area contributed by atoms with Crippen molar-refractivity contribution in [3.63, 3.8) is 0 Å². The Morgan fingerprint density at radius 3 is 2.00 bits per heavy atom. The van der Waals surface area contributed by atoms with Crippen molar-refractivity contribution in [1.82, 2.24) is 0 Å². The molecule has 31 heavy (non-hydrogen) atoms. The van der Waals surface area contributed by atoms with Crippen molar-refractivity contribution in [2.75, 3.05) is 0 Å². The van der Waals surface area contributed by atoms with Gasteiger partial charge >= 0.3 is 5.97 Å². The van der Waals surface area contributed by atoms with Crippen molar-refractivity contribution < 1.29 is 14.6 Å². The first-order valence-corrected chi connectivity index (χ1v) is 11.7. The molecule has 0 amide bonds. The largest absolute Gasteiger partial charge is 0.508 e. The average molecular weight is 423 g/mol. The van der Waals surface area contributed by atoms with Crippen LogP contribution in [-0.4, -0.2) is 11.1 Å². The first kappa shape index (κ1) is 23.4. The second kappa shape index (κ2) is 8.68. The van der Waals surface area contributed by atoms with E-state index < -0.39 is 5.41 Å². The van der Waals surface area contributed by atoms with E-state index >= 15 is 0 Å². The average Bonchev–Trinajstić information content (AvgIpc) is 2.72. The Bertz CT molecular complexity index is 891. The lowest BCUT2D eigenvalue weighted by atomic mass is 9.55. The van der Waals surface area contributed by atoms with E-state index in [4.69, 9.17) is 4.74 Å². The molecule has 0 aromatic heterocycles. The van der Waals surface area contributed by atoms with Gasteiger partial charge in [-0.1, -0.05) is 58.9 Å². The van der Waals surface area contributed by atoms with Crippen LogP contribution in [0.15, 0.2) is 48.5 Å². The van der Waals surface area contributed by atoms with Gasteiger partial charge in [-0.25, -0.2) is 0 Å². The van der Waals surface area contributed by atoms with Crippen LogP contribution in [0.25, 0.3) is 0 Å². The zero-order valence-electron chi connectivity index (χ0n) is 20.0. The van der Waals surface area contributed by atoms with E-state index in [0.717, 1.165) is 25.7 Å². The number of esters is 1. The van der Waals surface area contributed by atoms with Gasteiger partial charge in [0.05, 0.1) is 5.41 Å². The molecule has 3 rings (SSSR count). The molecule has 168 valence electrons. The summed E-state index contributed by atoms with van der Waals surface area (Å²) in [5, 5.41) is 9.84. The lowest BCUT2D eigenvalue weighted by Crippen LogP contribution is -2.41. The molecule has 3 nitrogen and oxygen atoms in total. The van der Waals surface area contributed by atoms with Gasteiger partial charge in [-0.15, -0.1) is 0 Å². The highest BCUT2D eigenvalue weighted by Gasteiger charge is 2.45. The lowest BCUT2D eigenvalue weighted by molar-refractivity contribution is -0.145. The molecule has 0 aliphatic heterocycles. The van der Waals surface area contributed by atoms with Gasteiger partial charge in [0.15, 0.2) is 0 Å². The summed E-state index contributed by atoms with van der Waals surface area (Å²) >= 11 is 0. The topological polar surface area (TPSA) is 46.5 Å². The molecule has 1 aliphatic carbocycles. The summed E-state index contributed by atoms with van der Waals surface area (Å²) in [6.45, 7) is 13.1. The number of ether oxygens (including phenoxy) is 1. The number of hydrogen-bond acceptors (Lipinski definition) is 3. The number of rotatable bonds is 6. The lowest BCUT2D eigenvalue weighted by Gasteiger charge is -2.48. The van der Waals surface area contributed by atoms with Crippen LogP contribution in [0.3, 0.4) is 0 Å². The first-order valence-electron chi connectivity index (χ1n) is 11.7. The second-order valence-electron chi connectivity index (χ2n) is 10.7. The molecule has 2 aromatic rings. The Morgan fingerprint density at radius 2 is 1.52 bits per heavy atom. The van der Waals surface area contributed by atoms with Gasteiger partial charge < -0.3 is 9.84 Å². The minimum Gasteiger partial charge on any atom is -0.508 e. The SMILES string of the molecule is CCC(C)(CC)C(=O)Oc1ccc(C2(c3ccc(O)cc3)CC(C)CC(C)(C)C2)cc1. The molecular weight excluding hydrogens is 384 g/mol. The van der Waals surface area contributed by atoms with E-state index in [1.165, 1.54) is 17.5 Å². The molecule has 2 atom stereocenters. The van der Waals surface area contributed by atoms with Crippen molar-refractivity contribution in [2.45, 2.75) is 79.1 Å². The van der Waals surface area contributed by atoms with E-state index in [9.17, 15) is 9.90 Å². The van der Waals surface area contributed by atoms with E-state index in [-0.39, 0.29) is 16.8 Å². The van der Waals surface area contributed by atoms with Crippen LogP contribution >= 0.6 is 0 Å². The van der Waals surface area contributed by atoms with Gasteiger partial charge in [0.2, 0.25) is 0 Å². The third kappa shape index (κ3) is 4.81. The molecule has 2 unspecified atom stereocenters. The van der Waals surface area contributed by atoms with Gasteiger partial charge in [0.1, 0.15) is 11.5 Å². The molecular formula is C28H38O3. The van der Waals surface area contributed by atoms with Crippen LogP contribution in [0.5, 0.6) is 11.5 Å². The van der Waals surface area contributed by atoms with Crippen molar-refractivity contribution in [3.8, 4) is 11.5 Å². The molecule has 2 aromatic carbocycles. The van der Waals surface area contributed by atoms with Gasteiger partial charge in [-0.3, -0.25) is 4.79 Å². The molecule has 0 saturated heterocycles. The maximum absolute atomic E-state index is 12.7. The molecule has 1 N–H and O–H groups in total. The fourth-order valence-corrected chi connectivity index (χ4v) is 5.57. The molecule has 0 heterocycles. The number of carbonyl (C=O) groups excluding carboxylic acids is 1. The van der Waals surface area contributed by atoms with Crippen molar-refractivity contribution in [3.05, 3.63) is 59.7 Å². The van der Waals surface area contributed by atoms with Crippen LogP contribution in [0.1, 0.15) is 84.8 Å². The summed E-state index contributed by atoms with van der Waals surface area (Å²) in [6, 6.07) is 15.8. The quantitative estimate of drug-likeness (QED) is 0.394. The summed E-state index contributed by atoms with van der Waals surface area (Å²) in [5.74, 6) is 1.32. The van der Waals surface area contributed by atoms with Gasteiger partial charge in [0, 0.05) is 5.41 Å². The minimum atomic E-state index is -0.450. The predicted octanol–water partition coefficient (Wildman–Crippen LogP) is 7.26. The fraction of sp³-hybridized carbons (Fsp3) is 0.536. The first-order chi connectivity index (χ1) is 14.5. The van der Waals surface area contributed by atoms with Crippen molar-refractivity contribution in [1.29, 1.82) is 0 Å². The summed E-state index contributed by atoms with van der Waals surface area (Å²) in [7, 11) is 0. The third-order valence-electron chi connectivity index (χ3n) is 7.47. The predicted molar refractivity (Wildman–Crippen MR) is 126 cm³/mol. The van der Waals surface area contributed by atoms with Crippen LogP contribution in [0, 0.1) is 16.7 Å². The fourth-order valence-electron chi connectivity index (χ4n) is 5.57. The van der Waals surface area contributed by atoms with Crippen LogP contribution in [0.2, 0.25) is 0 Å². The molecule has 1 saturated carbocycles. The zero-order valence-corrected chi connectivity index (χ0v) is 20.0. The molecule has 1 fully saturated rings. The Kier molecular flexibility index (Phi) is 6.55. The van der Waals surface area contributed by atoms with E-state index in [2.05, 4.69) is 45.0 Å². The Morgan fingerprint density at radius 1 is 1.00 bits per heavy atom. The smallest absolute Gasteiger partial charge is 0.317 e. The Labute approximate surface area is 187 Å². The highest BCUT2D eigenvalue weighted by molar-refractivity contribution is 5.78. The van der Waals surface area contributed by atoms with E-state index in [1.54, 1.807) is 12.1 Å². The summed E-state index contributed by atoms with van der Waals surface area (Å²) in [6.07, 6.45) is 4.83. The maximum atomic E-state index is 12.7. The number of phenols is 1. The number of hydrogen-bond donors (Lipinski definition) is 1. The molecule has 0 spiro atoms. The normalized spacial score (nSPS) is 23.4. The second-order valence-corrected chi connectivity index (χ2v) is 10.7. The summed E-state index contributed by atoms with van der Waals surface area (Å²) in [4.78, 5) is 12.7.